The molecule has 0 saturated carbocycles. The summed E-state index contributed by atoms with van der Waals surface area (Å²) >= 11 is 0. The quantitative estimate of drug-likeness (QED) is 0.518. The summed E-state index contributed by atoms with van der Waals surface area (Å²) in [7, 11) is 0. The summed E-state index contributed by atoms with van der Waals surface area (Å²) in [6.45, 7) is -1.96. The van der Waals surface area contributed by atoms with E-state index in [2.05, 4.69) is 25.6 Å². The Kier molecular flexibility index (Phi) is 6.61. The number of hydrogen-bond acceptors (Lipinski definition) is 7. The monoisotopic (exact) mass is 411 g/mol. The van der Waals surface area contributed by atoms with Crippen LogP contribution in [0.4, 0.5) is 38.2 Å². The zero-order valence-electron chi connectivity index (χ0n) is 14.0. The molecular weight excluding hydrogens is 396 g/mol. The van der Waals surface area contributed by atoms with Gasteiger partial charge in [-0.25, -0.2) is 0 Å². The van der Waals surface area contributed by atoms with Gasteiger partial charge in [0.15, 0.2) is 18.0 Å². The molecule has 0 amide bonds. The molecule has 1 aromatic carbocycles. The van der Waals surface area contributed by atoms with Gasteiger partial charge >= 0.3 is 12.4 Å². The van der Waals surface area contributed by atoms with Crippen LogP contribution in [0.2, 0.25) is 0 Å². The van der Waals surface area contributed by atoms with Gasteiger partial charge in [0.25, 0.3) is 0 Å². The second-order valence-electron chi connectivity index (χ2n) is 5.55. The highest BCUT2D eigenvalue weighted by molar-refractivity contribution is 5.57. The summed E-state index contributed by atoms with van der Waals surface area (Å²) in [6, 6.07) is 8.07. The average molecular weight is 411 g/mol. The van der Waals surface area contributed by atoms with Crippen LogP contribution in [0, 0.1) is 0 Å². The molecule has 1 aromatic heterocycles. The SMILES string of the molecule is OC(CNc1nc(NCC(O)C(F)(F)F)nc(-c2ccccc2)n1)C(F)(F)F. The van der Waals surface area contributed by atoms with Gasteiger partial charge in [-0.15, -0.1) is 0 Å². The molecule has 2 rings (SSSR count). The van der Waals surface area contributed by atoms with Crippen molar-refractivity contribution in [3.8, 4) is 11.4 Å². The topological polar surface area (TPSA) is 103 Å². The van der Waals surface area contributed by atoms with E-state index in [1.807, 2.05) is 0 Å². The molecule has 2 aromatic rings. The van der Waals surface area contributed by atoms with E-state index in [0.29, 0.717) is 5.56 Å². The predicted octanol–water partition coefficient (Wildman–Crippen LogP) is 2.21. The van der Waals surface area contributed by atoms with Gasteiger partial charge in [-0.1, -0.05) is 30.3 Å². The van der Waals surface area contributed by atoms with Gasteiger partial charge < -0.3 is 20.8 Å². The van der Waals surface area contributed by atoms with Crippen molar-refractivity contribution in [1.29, 1.82) is 0 Å². The third kappa shape index (κ3) is 6.20. The number of nitrogens with one attached hydrogen (secondary N) is 2. The first-order valence-electron chi connectivity index (χ1n) is 7.75. The van der Waals surface area contributed by atoms with E-state index in [4.69, 9.17) is 10.2 Å². The highest BCUT2D eigenvalue weighted by Crippen LogP contribution is 2.22. The van der Waals surface area contributed by atoms with E-state index in [0.717, 1.165) is 0 Å². The number of nitrogens with zero attached hydrogens (tertiary/aromatic N) is 3. The first kappa shape index (κ1) is 21.6. The normalized spacial score (nSPS) is 14.4. The minimum Gasteiger partial charge on any atom is -0.382 e. The number of alkyl halides is 6. The van der Waals surface area contributed by atoms with Gasteiger partial charge in [0.2, 0.25) is 11.9 Å². The summed E-state index contributed by atoms with van der Waals surface area (Å²) in [4.78, 5) is 11.5. The average Bonchev–Trinajstić information content (AvgIpc) is 2.63. The fourth-order valence-electron chi connectivity index (χ4n) is 1.86. The fraction of sp³-hybridized carbons (Fsp3) is 0.400. The highest BCUT2D eigenvalue weighted by Gasteiger charge is 2.39. The minimum atomic E-state index is -4.87. The molecule has 0 spiro atoms. The summed E-state index contributed by atoms with van der Waals surface area (Å²) in [5.74, 6) is -0.842. The number of aliphatic hydroxyl groups excluding tert-OH is 2. The van der Waals surface area contributed by atoms with Gasteiger partial charge in [-0.3, -0.25) is 0 Å². The smallest absolute Gasteiger partial charge is 0.382 e. The zero-order chi connectivity index (χ0) is 20.9. The molecule has 0 aliphatic heterocycles. The summed E-state index contributed by atoms with van der Waals surface area (Å²) in [5, 5.41) is 22.4. The highest BCUT2D eigenvalue weighted by atomic mass is 19.4. The van der Waals surface area contributed by atoms with Gasteiger partial charge in [0.1, 0.15) is 0 Å². The Hall–Kier alpha value is -2.67. The Morgan fingerprint density at radius 1 is 0.750 bits per heavy atom. The molecule has 13 heteroatoms. The third-order valence-electron chi connectivity index (χ3n) is 3.33. The molecule has 2 unspecified atom stereocenters. The van der Waals surface area contributed by atoms with Crippen molar-refractivity contribution in [2.24, 2.45) is 0 Å². The standard InChI is InChI=1S/C15H15F6N5O2/c16-14(17,18)9(27)6-22-12-24-11(8-4-2-1-3-5-8)25-13(26-12)23-7-10(28)15(19,20)21/h1-5,9-10,27-28H,6-7H2,(H2,22,23,24,25,26). The molecule has 0 saturated heterocycles. The maximum atomic E-state index is 12.4. The number of aliphatic hydroxyl groups is 2. The van der Waals surface area contributed by atoms with Gasteiger partial charge in [-0.05, 0) is 0 Å². The molecule has 4 N–H and O–H groups in total. The zero-order valence-corrected chi connectivity index (χ0v) is 14.0. The van der Waals surface area contributed by atoms with Crippen LogP contribution in [0.5, 0.6) is 0 Å². The van der Waals surface area contributed by atoms with Crippen molar-refractivity contribution in [3.05, 3.63) is 30.3 Å². The maximum Gasteiger partial charge on any atom is 0.416 e. The summed E-state index contributed by atoms with van der Waals surface area (Å²) < 4.78 is 74.4. The van der Waals surface area contributed by atoms with Crippen LogP contribution in [0.3, 0.4) is 0 Å². The fourth-order valence-corrected chi connectivity index (χ4v) is 1.86. The number of rotatable bonds is 7. The summed E-state index contributed by atoms with van der Waals surface area (Å²) in [6.07, 6.45) is -15.2. The molecule has 154 valence electrons. The largest absolute Gasteiger partial charge is 0.416 e. The first-order valence-corrected chi connectivity index (χ1v) is 7.75. The van der Waals surface area contributed by atoms with E-state index in [1.165, 1.54) is 0 Å². The Bertz CT molecular complexity index is 730. The van der Waals surface area contributed by atoms with Crippen molar-refractivity contribution < 1.29 is 36.6 Å². The molecular formula is C15H15F6N5O2. The van der Waals surface area contributed by atoms with Crippen molar-refractivity contribution in [3.63, 3.8) is 0 Å². The van der Waals surface area contributed by atoms with Crippen molar-refractivity contribution in [2.45, 2.75) is 24.6 Å². The van der Waals surface area contributed by atoms with Crippen molar-refractivity contribution in [1.82, 2.24) is 15.0 Å². The van der Waals surface area contributed by atoms with Crippen LogP contribution in [0.15, 0.2) is 30.3 Å². The molecule has 0 aliphatic rings. The van der Waals surface area contributed by atoms with Gasteiger partial charge in [-0.2, -0.15) is 41.3 Å². The van der Waals surface area contributed by atoms with Crippen LogP contribution >= 0.6 is 0 Å². The summed E-state index contributed by atoms with van der Waals surface area (Å²) in [5.41, 5.74) is 0.420. The third-order valence-corrected chi connectivity index (χ3v) is 3.33. The van der Waals surface area contributed by atoms with Gasteiger partial charge in [0, 0.05) is 5.56 Å². The molecule has 0 fully saturated rings. The lowest BCUT2D eigenvalue weighted by Gasteiger charge is -2.17. The van der Waals surface area contributed by atoms with Crippen LogP contribution in [0.25, 0.3) is 11.4 Å². The Balaban J connectivity index is 2.23. The van der Waals surface area contributed by atoms with E-state index < -0.39 is 49.5 Å². The lowest BCUT2D eigenvalue weighted by Crippen LogP contribution is -2.36. The molecule has 7 nitrogen and oxygen atoms in total. The Morgan fingerprint density at radius 2 is 1.18 bits per heavy atom. The lowest BCUT2D eigenvalue weighted by atomic mass is 10.2. The number of anilines is 2. The molecule has 0 aliphatic carbocycles. The molecule has 2 atom stereocenters. The van der Waals surface area contributed by atoms with Crippen LogP contribution in [-0.2, 0) is 0 Å². The van der Waals surface area contributed by atoms with Crippen molar-refractivity contribution in [2.75, 3.05) is 23.7 Å². The van der Waals surface area contributed by atoms with E-state index in [9.17, 15) is 26.3 Å². The minimum absolute atomic E-state index is 0.0383. The first-order chi connectivity index (χ1) is 13.0. The van der Waals surface area contributed by atoms with Crippen LogP contribution in [-0.4, -0.2) is 62.8 Å². The number of benzene rings is 1. The predicted molar refractivity (Wildman–Crippen MR) is 86.4 cm³/mol. The molecule has 1 heterocycles. The van der Waals surface area contributed by atoms with Crippen molar-refractivity contribution >= 4 is 11.9 Å². The molecule has 0 radical (unpaired) electrons. The van der Waals surface area contributed by atoms with E-state index >= 15 is 0 Å². The number of halogens is 6. The Morgan fingerprint density at radius 3 is 1.57 bits per heavy atom. The lowest BCUT2D eigenvalue weighted by molar-refractivity contribution is -0.199. The molecule has 0 bridgehead atoms. The van der Waals surface area contributed by atoms with Gasteiger partial charge in [0.05, 0.1) is 13.1 Å². The second-order valence-corrected chi connectivity index (χ2v) is 5.55. The Labute approximate surface area is 154 Å². The maximum absolute atomic E-state index is 12.4. The van der Waals surface area contributed by atoms with E-state index in [-0.39, 0.29) is 5.82 Å². The number of hydrogen-bond donors (Lipinski definition) is 4. The number of aromatic nitrogens is 3. The van der Waals surface area contributed by atoms with Crippen LogP contribution < -0.4 is 10.6 Å². The van der Waals surface area contributed by atoms with Crippen LogP contribution in [0.1, 0.15) is 0 Å². The molecule has 28 heavy (non-hydrogen) atoms. The van der Waals surface area contributed by atoms with E-state index in [1.54, 1.807) is 30.3 Å². The second kappa shape index (κ2) is 8.56.